The first-order chi connectivity index (χ1) is 11.6. The monoisotopic (exact) mass is 327 g/mol. The smallest absolute Gasteiger partial charge is 0.224 e. The molecule has 0 radical (unpaired) electrons. The fourth-order valence-electron chi connectivity index (χ4n) is 3.00. The first-order valence-corrected chi connectivity index (χ1v) is 8.22. The molecule has 0 bridgehead atoms. The van der Waals surface area contributed by atoms with Gasteiger partial charge in [-0.15, -0.1) is 0 Å². The van der Waals surface area contributed by atoms with E-state index in [4.69, 9.17) is 5.73 Å². The molecule has 0 spiro atoms. The van der Waals surface area contributed by atoms with E-state index in [0.29, 0.717) is 19.5 Å². The molecule has 3 rings (SSSR count). The Morgan fingerprint density at radius 3 is 2.25 bits per heavy atom. The Morgan fingerprint density at radius 1 is 1.00 bits per heavy atom. The van der Waals surface area contributed by atoms with Gasteiger partial charge in [-0.2, -0.15) is 0 Å². The summed E-state index contributed by atoms with van der Waals surface area (Å²) in [6.07, 6.45) is 0.320. The summed E-state index contributed by atoms with van der Waals surface area (Å²) in [5.74, 6) is -0.146. The number of anilines is 1. The SMILES string of the molecule is NC(CC(=O)N1CCN(c2ccc(F)cc2)CC1)c1ccccc1. The molecule has 1 aliphatic heterocycles. The summed E-state index contributed by atoms with van der Waals surface area (Å²) in [7, 11) is 0. The van der Waals surface area contributed by atoms with Crippen LogP contribution in [0.3, 0.4) is 0 Å². The summed E-state index contributed by atoms with van der Waals surface area (Å²) in [6.45, 7) is 2.82. The van der Waals surface area contributed by atoms with E-state index < -0.39 is 0 Å². The van der Waals surface area contributed by atoms with Gasteiger partial charge in [0.15, 0.2) is 0 Å². The van der Waals surface area contributed by atoms with Crippen molar-refractivity contribution in [1.29, 1.82) is 0 Å². The first-order valence-electron chi connectivity index (χ1n) is 8.22. The highest BCUT2D eigenvalue weighted by Crippen LogP contribution is 2.19. The van der Waals surface area contributed by atoms with Gasteiger partial charge in [-0.25, -0.2) is 4.39 Å². The number of halogens is 1. The van der Waals surface area contributed by atoms with Crippen LogP contribution < -0.4 is 10.6 Å². The molecule has 4 nitrogen and oxygen atoms in total. The molecule has 2 aromatic rings. The molecular weight excluding hydrogens is 305 g/mol. The summed E-state index contributed by atoms with van der Waals surface area (Å²) in [4.78, 5) is 16.5. The Balaban J connectivity index is 1.52. The number of hydrogen-bond acceptors (Lipinski definition) is 3. The van der Waals surface area contributed by atoms with Crippen molar-refractivity contribution in [3.8, 4) is 0 Å². The molecule has 0 saturated carbocycles. The third kappa shape index (κ3) is 3.92. The molecular formula is C19H22FN3O. The van der Waals surface area contributed by atoms with Gasteiger partial charge in [0.1, 0.15) is 5.82 Å². The minimum Gasteiger partial charge on any atom is -0.368 e. The summed E-state index contributed by atoms with van der Waals surface area (Å²) >= 11 is 0. The number of nitrogens with zero attached hydrogens (tertiary/aromatic N) is 2. The van der Waals surface area contributed by atoms with Gasteiger partial charge in [-0.3, -0.25) is 4.79 Å². The second kappa shape index (κ2) is 7.45. The normalized spacial score (nSPS) is 16.1. The summed E-state index contributed by atoms with van der Waals surface area (Å²) in [5, 5.41) is 0. The van der Waals surface area contributed by atoms with Crippen LogP contribution in [0, 0.1) is 5.82 Å². The van der Waals surface area contributed by atoms with E-state index in [0.717, 1.165) is 24.3 Å². The van der Waals surface area contributed by atoms with Crippen LogP contribution in [-0.2, 0) is 4.79 Å². The van der Waals surface area contributed by atoms with E-state index in [1.807, 2.05) is 35.2 Å². The van der Waals surface area contributed by atoms with Crippen LogP contribution in [0.25, 0.3) is 0 Å². The molecule has 1 aliphatic rings. The zero-order valence-electron chi connectivity index (χ0n) is 13.6. The highest BCUT2D eigenvalue weighted by Gasteiger charge is 2.23. The maximum absolute atomic E-state index is 13.0. The van der Waals surface area contributed by atoms with Crippen LogP contribution in [0.5, 0.6) is 0 Å². The van der Waals surface area contributed by atoms with E-state index >= 15 is 0 Å². The van der Waals surface area contributed by atoms with Crippen molar-refractivity contribution < 1.29 is 9.18 Å². The second-order valence-corrected chi connectivity index (χ2v) is 6.07. The van der Waals surface area contributed by atoms with Crippen LogP contribution in [0.1, 0.15) is 18.0 Å². The van der Waals surface area contributed by atoms with E-state index in [-0.39, 0.29) is 17.8 Å². The fourth-order valence-corrected chi connectivity index (χ4v) is 3.00. The Labute approximate surface area is 141 Å². The van der Waals surface area contributed by atoms with Gasteiger partial charge in [-0.05, 0) is 29.8 Å². The molecule has 5 heteroatoms. The van der Waals surface area contributed by atoms with Crippen molar-refractivity contribution >= 4 is 11.6 Å². The predicted molar refractivity (Wildman–Crippen MR) is 93.2 cm³/mol. The van der Waals surface area contributed by atoms with E-state index in [1.54, 1.807) is 12.1 Å². The standard InChI is InChI=1S/C19H22FN3O/c20-16-6-8-17(9-7-16)22-10-12-23(13-11-22)19(24)14-18(21)15-4-2-1-3-5-15/h1-9,18H,10-14,21H2. The third-order valence-electron chi connectivity index (χ3n) is 4.45. The summed E-state index contributed by atoms with van der Waals surface area (Å²) < 4.78 is 13.0. The van der Waals surface area contributed by atoms with Crippen molar-refractivity contribution in [2.24, 2.45) is 5.73 Å². The molecule has 2 aromatic carbocycles. The average molecular weight is 327 g/mol. The molecule has 1 amide bonds. The topological polar surface area (TPSA) is 49.6 Å². The molecule has 1 unspecified atom stereocenters. The zero-order valence-corrected chi connectivity index (χ0v) is 13.6. The third-order valence-corrected chi connectivity index (χ3v) is 4.45. The quantitative estimate of drug-likeness (QED) is 0.939. The average Bonchev–Trinajstić information content (AvgIpc) is 2.63. The highest BCUT2D eigenvalue weighted by atomic mass is 19.1. The second-order valence-electron chi connectivity index (χ2n) is 6.07. The van der Waals surface area contributed by atoms with Crippen molar-refractivity contribution in [3.63, 3.8) is 0 Å². The molecule has 0 aromatic heterocycles. The molecule has 1 fully saturated rings. The van der Waals surface area contributed by atoms with Gasteiger partial charge >= 0.3 is 0 Å². The van der Waals surface area contributed by atoms with Crippen LogP contribution in [0.2, 0.25) is 0 Å². The molecule has 1 heterocycles. The number of carbonyl (C=O) groups excluding carboxylic acids is 1. The van der Waals surface area contributed by atoms with Gasteiger partial charge in [0.05, 0.1) is 0 Å². The number of carbonyl (C=O) groups is 1. The van der Waals surface area contributed by atoms with Crippen molar-refractivity contribution in [1.82, 2.24) is 4.90 Å². The lowest BCUT2D eigenvalue weighted by Gasteiger charge is -2.36. The van der Waals surface area contributed by atoms with Crippen molar-refractivity contribution in [2.45, 2.75) is 12.5 Å². The van der Waals surface area contributed by atoms with Crippen LogP contribution in [0.15, 0.2) is 54.6 Å². The van der Waals surface area contributed by atoms with Gasteiger partial charge < -0.3 is 15.5 Å². The Kier molecular flexibility index (Phi) is 5.11. The minimum absolute atomic E-state index is 0.0881. The number of hydrogen-bond donors (Lipinski definition) is 1. The first kappa shape index (κ1) is 16.5. The Bertz CT molecular complexity index is 667. The minimum atomic E-state index is -0.270. The number of piperazine rings is 1. The fraction of sp³-hybridized carbons (Fsp3) is 0.316. The van der Waals surface area contributed by atoms with Gasteiger partial charge in [0, 0.05) is 44.3 Å². The van der Waals surface area contributed by atoms with Gasteiger partial charge in [0.25, 0.3) is 0 Å². The maximum atomic E-state index is 13.0. The molecule has 24 heavy (non-hydrogen) atoms. The van der Waals surface area contributed by atoms with Gasteiger partial charge in [-0.1, -0.05) is 30.3 Å². The van der Waals surface area contributed by atoms with E-state index in [1.165, 1.54) is 12.1 Å². The number of benzene rings is 2. The number of rotatable bonds is 4. The molecule has 1 saturated heterocycles. The number of nitrogens with two attached hydrogens (primary N) is 1. The largest absolute Gasteiger partial charge is 0.368 e. The number of amides is 1. The van der Waals surface area contributed by atoms with Crippen LogP contribution in [-0.4, -0.2) is 37.0 Å². The molecule has 1 atom stereocenters. The van der Waals surface area contributed by atoms with Crippen LogP contribution >= 0.6 is 0 Å². The molecule has 126 valence electrons. The van der Waals surface area contributed by atoms with E-state index in [9.17, 15) is 9.18 Å². The molecule has 2 N–H and O–H groups in total. The summed E-state index contributed by atoms with van der Waals surface area (Å²) in [6, 6.07) is 15.9. The lowest BCUT2D eigenvalue weighted by atomic mass is 10.0. The lowest BCUT2D eigenvalue weighted by molar-refractivity contribution is -0.131. The lowest BCUT2D eigenvalue weighted by Crippen LogP contribution is -2.49. The summed E-state index contributed by atoms with van der Waals surface area (Å²) in [5.41, 5.74) is 8.11. The van der Waals surface area contributed by atoms with Gasteiger partial charge in [0.2, 0.25) is 5.91 Å². The Morgan fingerprint density at radius 2 is 1.62 bits per heavy atom. The van der Waals surface area contributed by atoms with E-state index in [2.05, 4.69) is 4.90 Å². The maximum Gasteiger partial charge on any atom is 0.224 e. The predicted octanol–water partition coefficient (Wildman–Crippen LogP) is 2.56. The van der Waals surface area contributed by atoms with Crippen molar-refractivity contribution in [2.75, 3.05) is 31.1 Å². The zero-order chi connectivity index (χ0) is 16.9. The highest BCUT2D eigenvalue weighted by molar-refractivity contribution is 5.77. The van der Waals surface area contributed by atoms with Crippen LogP contribution in [0.4, 0.5) is 10.1 Å². The van der Waals surface area contributed by atoms with Crippen molar-refractivity contribution in [3.05, 3.63) is 66.0 Å². The molecule has 0 aliphatic carbocycles. The Hall–Kier alpha value is -2.40.